The molecule has 0 radical (unpaired) electrons. The van der Waals surface area contributed by atoms with Gasteiger partial charge in [0.2, 0.25) is 5.91 Å². The van der Waals surface area contributed by atoms with E-state index in [2.05, 4.69) is 20.5 Å². The number of hydrogen-bond donors (Lipinski definition) is 2. The highest BCUT2D eigenvalue weighted by molar-refractivity contribution is 5.99. The lowest BCUT2D eigenvalue weighted by Gasteiger charge is -2.28. The zero-order valence-electron chi connectivity index (χ0n) is 11.7. The van der Waals surface area contributed by atoms with Gasteiger partial charge in [0, 0.05) is 39.0 Å². The van der Waals surface area contributed by atoms with Crippen molar-refractivity contribution >= 4 is 17.6 Å². The summed E-state index contributed by atoms with van der Waals surface area (Å²) in [4.78, 5) is 29.3. The van der Waals surface area contributed by atoms with Crippen LogP contribution >= 0.6 is 0 Å². The Morgan fingerprint density at radius 1 is 1.24 bits per heavy atom. The molecule has 3 heterocycles. The largest absolute Gasteiger partial charge is 0.479 e. The SMILES string of the molecule is O=C1CCC(Oc2ccc(N3CCNCC3)nc2)C(=O)N1. The lowest BCUT2D eigenvalue weighted by Crippen LogP contribution is -2.46. The topological polar surface area (TPSA) is 83.6 Å². The number of piperidine rings is 1. The lowest BCUT2D eigenvalue weighted by atomic mass is 10.1. The van der Waals surface area contributed by atoms with Crippen LogP contribution in [-0.2, 0) is 9.59 Å². The molecular weight excluding hydrogens is 272 g/mol. The normalized spacial score (nSPS) is 22.9. The number of ether oxygens (including phenoxy) is 1. The number of piperazine rings is 1. The first-order valence-electron chi connectivity index (χ1n) is 7.14. The smallest absolute Gasteiger partial charge is 0.267 e. The van der Waals surface area contributed by atoms with Crippen molar-refractivity contribution in [3.05, 3.63) is 18.3 Å². The summed E-state index contributed by atoms with van der Waals surface area (Å²) in [5, 5.41) is 5.57. The van der Waals surface area contributed by atoms with E-state index in [1.165, 1.54) is 0 Å². The molecule has 2 saturated heterocycles. The van der Waals surface area contributed by atoms with Gasteiger partial charge in [-0.15, -0.1) is 0 Å². The first kappa shape index (κ1) is 13.8. The molecule has 0 bridgehead atoms. The van der Waals surface area contributed by atoms with Crippen molar-refractivity contribution in [3.63, 3.8) is 0 Å². The van der Waals surface area contributed by atoms with Crippen LogP contribution in [0.1, 0.15) is 12.8 Å². The van der Waals surface area contributed by atoms with Gasteiger partial charge < -0.3 is 15.0 Å². The molecule has 1 aromatic heterocycles. The third-order valence-corrected chi connectivity index (χ3v) is 3.63. The van der Waals surface area contributed by atoms with Crippen LogP contribution in [0, 0.1) is 0 Å². The maximum absolute atomic E-state index is 11.6. The Kier molecular flexibility index (Phi) is 4.01. The summed E-state index contributed by atoms with van der Waals surface area (Å²) in [6.07, 6.45) is 1.73. The minimum atomic E-state index is -0.616. The van der Waals surface area contributed by atoms with Gasteiger partial charge in [-0.2, -0.15) is 0 Å². The first-order valence-corrected chi connectivity index (χ1v) is 7.14. The van der Waals surface area contributed by atoms with Crippen LogP contribution in [0.2, 0.25) is 0 Å². The molecule has 7 nitrogen and oxygen atoms in total. The maximum atomic E-state index is 11.6. The molecule has 1 atom stereocenters. The molecule has 0 saturated carbocycles. The average molecular weight is 290 g/mol. The fourth-order valence-corrected chi connectivity index (χ4v) is 2.47. The molecule has 7 heteroatoms. The number of carbonyl (C=O) groups is 2. The van der Waals surface area contributed by atoms with Crippen molar-refractivity contribution in [3.8, 4) is 5.75 Å². The van der Waals surface area contributed by atoms with Gasteiger partial charge >= 0.3 is 0 Å². The van der Waals surface area contributed by atoms with Crippen molar-refractivity contribution in [1.29, 1.82) is 0 Å². The van der Waals surface area contributed by atoms with Crippen molar-refractivity contribution in [1.82, 2.24) is 15.6 Å². The van der Waals surface area contributed by atoms with Crippen LogP contribution in [0.3, 0.4) is 0 Å². The summed E-state index contributed by atoms with van der Waals surface area (Å²) < 4.78 is 5.60. The van der Waals surface area contributed by atoms with Gasteiger partial charge in [-0.3, -0.25) is 14.9 Å². The van der Waals surface area contributed by atoms with Crippen molar-refractivity contribution in [2.45, 2.75) is 18.9 Å². The highest BCUT2D eigenvalue weighted by Gasteiger charge is 2.28. The summed E-state index contributed by atoms with van der Waals surface area (Å²) in [7, 11) is 0. The molecule has 21 heavy (non-hydrogen) atoms. The molecule has 2 aliphatic heterocycles. The summed E-state index contributed by atoms with van der Waals surface area (Å²) in [6.45, 7) is 3.77. The number of aromatic nitrogens is 1. The molecule has 2 N–H and O–H groups in total. The summed E-state index contributed by atoms with van der Waals surface area (Å²) >= 11 is 0. The lowest BCUT2D eigenvalue weighted by molar-refractivity contribution is -0.138. The minimum absolute atomic E-state index is 0.243. The van der Waals surface area contributed by atoms with Crippen molar-refractivity contribution < 1.29 is 14.3 Å². The molecular formula is C14H18N4O3. The van der Waals surface area contributed by atoms with E-state index in [1.54, 1.807) is 6.20 Å². The Labute approximate surface area is 122 Å². The van der Waals surface area contributed by atoms with Crippen LogP contribution in [0.4, 0.5) is 5.82 Å². The molecule has 0 aromatic carbocycles. The predicted octanol–water partition coefficient (Wildman–Crippen LogP) is -0.325. The number of carbonyl (C=O) groups excluding carboxylic acids is 2. The summed E-state index contributed by atoms with van der Waals surface area (Å²) in [5.74, 6) is 0.833. The second-order valence-electron chi connectivity index (χ2n) is 5.15. The predicted molar refractivity (Wildman–Crippen MR) is 76.1 cm³/mol. The van der Waals surface area contributed by atoms with Gasteiger partial charge in [0.15, 0.2) is 6.10 Å². The average Bonchev–Trinajstić information content (AvgIpc) is 2.52. The monoisotopic (exact) mass is 290 g/mol. The Morgan fingerprint density at radius 3 is 2.71 bits per heavy atom. The number of nitrogens with zero attached hydrogens (tertiary/aromatic N) is 2. The van der Waals surface area contributed by atoms with E-state index in [0.717, 1.165) is 32.0 Å². The number of rotatable bonds is 3. The van der Waals surface area contributed by atoms with Crippen molar-refractivity contribution in [2.75, 3.05) is 31.1 Å². The molecule has 2 amide bonds. The van der Waals surface area contributed by atoms with E-state index in [0.29, 0.717) is 18.6 Å². The van der Waals surface area contributed by atoms with E-state index in [-0.39, 0.29) is 11.8 Å². The Bertz CT molecular complexity index is 526. The number of imide groups is 1. The van der Waals surface area contributed by atoms with E-state index < -0.39 is 6.10 Å². The second kappa shape index (κ2) is 6.09. The molecule has 3 rings (SSSR count). The van der Waals surface area contributed by atoms with Crippen LogP contribution < -0.4 is 20.3 Å². The first-order chi connectivity index (χ1) is 10.2. The Hall–Kier alpha value is -2.15. The quantitative estimate of drug-likeness (QED) is 0.742. The number of amides is 2. The van der Waals surface area contributed by atoms with Crippen LogP contribution in [-0.4, -0.2) is 49.1 Å². The third kappa shape index (κ3) is 3.30. The number of anilines is 1. The summed E-state index contributed by atoms with van der Waals surface area (Å²) in [6, 6.07) is 3.71. The van der Waals surface area contributed by atoms with Gasteiger partial charge in [-0.25, -0.2) is 4.98 Å². The van der Waals surface area contributed by atoms with Crippen LogP contribution in [0.5, 0.6) is 5.75 Å². The third-order valence-electron chi connectivity index (χ3n) is 3.63. The Morgan fingerprint density at radius 2 is 2.05 bits per heavy atom. The van der Waals surface area contributed by atoms with Gasteiger partial charge in [0.25, 0.3) is 5.91 Å². The molecule has 1 unspecified atom stereocenters. The van der Waals surface area contributed by atoms with E-state index in [1.807, 2.05) is 12.1 Å². The fourth-order valence-electron chi connectivity index (χ4n) is 2.47. The summed E-state index contributed by atoms with van der Waals surface area (Å²) in [5.41, 5.74) is 0. The van der Waals surface area contributed by atoms with E-state index in [4.69, 9.17) is 4.74 Å². The fraction of sp³-hybridized carbons (Fsp3) is 0.500. The maximum Gasteiger partial charge on any atom is 0.267 e. The molecule has 2 aliphatic rings. The molecule has 0 aliphatic carbocycles. The molecule has 0 spiro atoms. The van der Waals surface area contributed by atoms with E-state index >= 15 is 0 Å². The highest BCUT2D eigenvalue weighted by Crippen LogP contribution is 2.19. The van der Waals surface area contributed by atoms with Gasteiger partial charge in [0.05, 0.1) is 6.20 Å². The minimum Gasteiger partial charge on any atom is -0.479 e. The van der Waals surface area contributed by atoms with Crippen molar-refractivity contribution in [2.24, 2.45) is 0 Å². The van der Waals surface area contributed by atoms with Gasteiger partial charge in [-0.05, 0) is 12.1 Å². The number of hydrogen-bond acceptors (Lipinski definition) is 6. The standard InChI is InChI=1S/C14H18N4O3/c19-13-4-2-11(14(20)17-13)21-10-1-3-12(16-9-10)18-7-5-15-6-8-18/h1,3,9,11,15H,2,4-8H2,(H,17,19,20). The zero-order valence-corrected chi connectivity index (χ0v) is 11.7. The molecule has 112 valence electrons. The Balaban J connectivity index is 1.61. The van der Waals surface area contributed by atoms with Crippen LogP contribution in [0.25, 0.3) is 0 Å². The van der Waals surface area contributed by atoms with Gasteiger partial charge in [0.1, 0.15) is 11.6 Å². The second-order valence-corrected chi connectivity index (χ2v) is 5.15. The zero-order chi connectivity index (χ0) is 14.7. The molecule has 2 fully saturated rings. The van der Waals surface area contributed by atoms with Crippen LogP contribution in [0.15, 0.2) is 18.3 Å². The number of nitrogens with one attached hydrogen (secondary N) is 2. The molecule has 1 aromatic rings. The number of pyridine rings is 1. The highest BCUT2D eigenvalue weighted by atomic mass is 16.5. The van der Waals surface area contributed by atoms with Gasteiger partial charge in [-0.1, -0.05) is 0 Å². The van der Waals surface area contributed by atoms with E-state index in [9.17, 15) is 9.59 Å².